The number of carbonyl (C=O) groups is 2. The van der Waals surface area contributed by atoms with Gasteiger partial charge in [-0.05, 0) is 5.92 Å². The summed E-state index contributed by atoms with van der Waals surface area (Å²) in [6.07, 6.45) is 6.07. The van der Waals surface area contributed by atoms with Crippen LogP contribution >= 0.6 is 0 Å². The fourth-order valence-electron chi connectivity index (χ4n) is 1.74. The molecule has 2 aromatic heterocycles. The van der Waals surface area contributed by atoms with Crippen LogP contribution in [0.3, 0.4) is 0 Å². The van der Waals surface area contributed by atoms with Gasteiger partial charge in [-0.25, -0.2) is 9.31 Å². The summed E-state index contributed by atoms with van der Waals surface area (Å²) in [6, 6.07) is -0.931. The van der Waals surface area contributed by atoms with Crippen molar-refractivity contribution >= 4 is 17.4 Å². The molecule has 0 aliphatic carbocycles. The Hall–Kier alpha value is -2.44. The lowest BCUT2D eigenvalue weighted by molar-refractivity contribution is -0.140. The number of amides is 1. The van der Waals surface area contributed by atoms with Gasteiger partial charge in [0.25, 0.3) is 5.91 Å². The second-order valence-electron chi connectivity index (χ2n) is 4.50. The van der Waals surface area contributed by atoms with Gasteiger partial charge in [0.2, 0.25) is 0 Å². The Bertz CT molecular complexity index is 620. The predicted octanol–water partition coefficient (Wildman–Crippen LogP) is 0.568. The van der Waals surface area contributed by atoms with Crippen molar-refractivity contribution in [3.05, 3.63) is 30.4 Å². The maximum Gasteiger partial charge on any atom is 0.326 e. The van der Waals surface area contributed by atoms with Gasteiger partial charge in [-0.2, -0.15) is 5.10 Å². The van der Waals surface area contributed by atoms with E-state index in [0.29, 0.717) is 11.1 Å². The summed E-state index contributed by atoms with van der Waals surface area (Å²) < 4.78 is 1.51. The molecule has 0 aromatic carbocycles. The number of nitrogens with zero attached hydrogens (tertiary/aromatic N) is 3. The summed E-state index contributed by atoms with van der Waals surface area (Å²) in [5.74, 6) is -1.73. The van der Waals surface area contributed by atoms with Crippen molar-refractivity contribution < 1.29 is 14.7 Å². The van der Waals surface area contributed by atoms with Crippen molar-refractivity contribution in [2.75, 3.05) is 0 Å². The Morgan fingerprint density at radius 1 is 1.37 bits per heavy atom. The number of aromatic nitrogens is 3. The highest BCUT2D eigenvalue weighted by molar-refractivity contribution is 6.02. The van der Waals surface area contributed by atoms with E-state index in [1.165, 1.54) is 16.9 Å². The van der Waals surface area contributed by atoms with Gasteiger partial charge >= 0.3 is 5.97 Å². The number of carboxylic acid groups (broad SMARTS) is 1. The molecule has 7 nitrogen and oxygen atoms in total. The molecule has 0 bridgehead atoms. The van der Waals surface area contributed by atoms with E-state index >= 15 is 0 Å². The van der Waals surface area contributed by atoms with Crippen LogP contribution in [0.25, 0.3) is 5.52 Å². The molecule has 100 valence electrons. The molecule has 19 heavy (non-hydrogen) atoms. The normalized spacial score (nSPS) is 12.6. The molecule has 2 aromatic rings. The molecule has 7 heteroatoms. The van der Waals surface area contributed by atoms with Crippen molar-refractivity contribution in [1.29, 1.82) is 0 Å². The third kappa shape index (κ3) is 2.54. The second kappa shape index (κ2) is 5.05. The van der Waals surface area contributed by atoms with Crippen LogP contribution in [0.4, 0.5) is 0 Å². The standard InChI is InChI=1S/C12H14N4O3/c1-7(2)10(12(18)19)15-11(17)8-5-14-16-4-3-13-6-9(8)16/h3-7,10H,1-2H3,(H,15,17)(H,18,19)/t10-/m0/s1. The number of nitrogens with one attached hydrogen (secondary N) is 1. The minimum absolute atomic E-state index is 0.207. The van der Waals surface area contributed by atoms with E-state index < -0.39 is 17.9 Å². The minimum atomic E-state index is -1.06. The van der Waals surface area contributed by atoms with E-state index in [1.807, 2.05) is 0 Å². The van der Waals surface area contributed by atoms with Gasteiger partial charge in [-0.3, -0.25) is 9.78 Å². The van der Waals surface area contributed by atoms with Crippen LogP contribution in [0.1, 0.15) is 24.2 Å². The lowest BCUT2D eigenvalue weighted by atomic mass is 10.0. The van der Waals surface area contributed by atoms with Crippen molar-refractivity contribution in [3.63, 3.8) is 0 Å². The molecule has 0 unspecified atom stereocenters. The first kappa shape index (κ1) is 13.0. The first-order chi connectivity index (χ1) is 9.00. The number of hydrogen-bond donors (Lipinski definition) is 2. The third-order valence-electron chi connectivity index (χ3n) is 2.79. The Labute approximate surface area is 109 Å². The highest BCUT2D eigenvalue weighted by Crippen LogP contribution is 2.10. The zero-order valence-electron chi connectivity index (χ0n) is 10.6. The van der Waals surface area contributed by atoms with Crippen LogP contribution in [0, 0.1) is 5.92 Å². The summed E-state index contributed by atoms with van der Waals surface area (Å²) in [6.45, 7) is 3.47. The number of rotatable bonds is 4. The molecule has 1 atom stereocenters. The quantitative estimate of drug-likeness (QED) is 0.839. The zero-order valence-corrected chi connectivity index (χ0v) is 10.6. The average Bonchev–Trinajstić information content (AvgIpc) is 2.78. The lowest BCUT2D eigenvalue weighted by Gasteiger charge is -2.17. The van der Waals surface area contributed by atoms with Crippen molar-refractivity contribution in [2.24, 2.45) is 5.92 Å². The highest BCUT2D eigenvalue weighted by Gasteiger charge is 2.25. The van der Waals surface area contributed by atoms with Gasteiger partial charge in [0.05, 0.1) is 23.5 Å². The van der Waals surface area contributed by atoms with Crippen molar-refractivity contribution in [2.45, 2.75) is 19.9 Å². The van der Waals surface area contributed by atoms with Gasteiger partial charge in [0.15, 0.2) is 0 Å². The Balaban J connectivity index is 2.27. The lowest BCUT2D eigenvalue weighted by Crippen LogP contribution is -2.44. The van der Waals surface area contributed by atoms with Gasteiger partial charge in [0, 0.05) is 12.4 Å². The Kier molecular flexibility index (Phi) is 3.46. The molecule has 1 amide bonds. The number of carbonyl (C=O) groups excluding carboxylic acids is 1. The van der Waals surface area contributed by atoms with E-state index in [4.69, 9.17) is 5.11 Å². The Morgan fingerprint density at radius 2 is 2.11 bits per heavy atom. The maximum atomic E-state index is 12.1. The van der Waals surface area contributed by atoms with Crippen LogP contribution in [0.2, 0.25) is 0 Å². The van der Waals surface area contributed by atoms with Crippen LogP contribution < -0.4 is 5.32 Å². The zero-order chi connectivity index (χ0) is 14.0. The van der Waals surface area contributed by atoms with Gasteiger partial charge in [-0.15, -0.1) is 0 Å². The molecule has 0 saturated carbocycles. The first-order valence-electron chi connectivity index (χ1n) is 5.81. The fraction of sp³-hybridized carbons (Fsp3) is 0.333. The first-order valence-corrected chi connectivity index (χ1v) is 5.81. The smallest absolute Gasteiger partial charge is 0.326 e. The highest BCUT2D eigenvalue weighted by atomic mass is 16.4. The Morgan fingerprint density at radius 3 is 2.74 bits per heavy atom. The van der Waals surface area contributed by atoms with Crippen LogP contribution in [-0.4, -0.2) is 37.6 Å². The van der Waals surface area contributed by atoms with E-state index in [9.17, 15) is 9.59 Å². The molecular formula is C12H14N4O3. The largest absolute Gasteiger partial charge is 0.480 e. The molecule has 0 spiro atoms. The average molecular weight is 262 g/mol. The van der Waals surface area contributed by atoms with Gasteiger partial charge in [-0.1, -0.05) is 13.8 Å². The SMILES string of the molecule is CC(C)[C@H](NC(=O)c1cnn2ccncc12)C(=O)O. The number of hydrogen-bond acceptors (Lipinski definition) is 4. The molecule has 0 aliphatic rings. The summed E-state index contributed by atoms with van der Waals surface area (Å²) in [5.41, 5.74) is 0.841. The fourth-order valence-corrected chi connectivity index (χ4v) is 1.74. The van der Waals surface area contributed by atoms with Crippen LogP contribution in [0.15, 0.2) is 24.8 Å². The van der Waals surface area contributed by atoms with E-state index in [2.05, 4.69) is 15.4 Å². The number of carboxylic acids is 1. The van der Waals surface area contributed by atoms with Gasteiger partial charge < -0.3 is 10.4 Å². The van der Waals surface area contributed by atoms with Crippen molar-refractivity contribution in [1.82, 2.24) is 19.9 Å². The minimum Gasteiger partial charge on any atom is -0.480 e. The molecule has 0 fully saturated rings. The summed E-state index contributed by atoms with van der Waals surface area (Å²) >= 11 is 0. The van der Waals surface area contributed by atoms with Gasteiger partial charge in [0.1, 0.15) is 6.04 Å². The topological polar surface area (TPSA) is 96.6 Å². The summed E-state index contributed by atoms with van der Waals surface area (Å²) in [4.78, 5) is 27.1. The predicted molar refractivity (Wildman–Crippen MR) is 66.7 cm³/mol. The number of aliphatic carboxylic acids is 1. The molecule has 0 aliphatic heterocycles. The van der Waals surface area contributed by atoms with E-state index in [-0.39, 0.29) is 5.92 Å². The molecule has 2 heterocycles. The summed E-state index contributed by atoms with van der Waals surface area (Å²) in [5, 5.41) is 15.6. The van der Waals surface area contributed by atoms with Crippen LogP contribution in [0.5, 0.6) is 0 Å². The third-order valence-corrected chi connectivity index (χ3v) is 2.79. The number of fused-ring (bicyclic) bond motifs is 1. The molecule has 2 rings (SSSR count). The maximum absolute atomic E-state index is 12.1. The second-order valence-corrected chi connectivity index (χ2v) is 4.50. The molecular weight excluding hydrogens is 248 g/mol. The van der Waals surface area contributed by atoms with Crippen molar-refractivity contribution in [3.8, 4) is 0 Å². The monoisotopic (exact) mass is 262 g/mol. The molecule has 2 N–H and O–H groups in total. The van der Waals surface area contributed by atoms with E-state index in [1.54, 1.807) is 26.2 Å². The molecule has 0 radical (unpaired) electrons. The summed E-state index contributed by atoms with van der Waals surface area (Å²) in [7, 11) is 0. The van der Waals surface area contributed by atoms with Crippen LogP contribution in [-0.2, 0) is 4.79 Å². The van der Waals surface area contributed by atoms with E-state index in [0.717, 1.165) is 0 Å². The molecule has 0 saturated heterocycles.